The van der Waals surface area contributed by atoms with E-state index in [9.17, 15) is 20.1 Å². The number of benzene rings is 2. The van der Waals surface area contributed by atoms with Crippen molar-refractivity contribution in [2.24, 2.45) is 0 Å². The molecule has 1 fully saturated rings. The molecule has 0 bridgehead atoms. The number of hydrogen-bond donors (Lipinski definition) is 4. The van der Waals surface area contributed by atoms with Gasteiger partial charge in [0.15, 0.2) is 6.23 Å². The number of nitrogens with zero attached hydrogens (tertiary/aromatic N) is 4. The normalized spacial score (nSPS) is 25.3. The van der Waals surface area contributed by atoms with Crippen molar-refractivity contribution in [1.29, 1.82) is 0 Å². The van der Waals surface area contributed by atoms with Gasteiger partial charge in [-0.25, -0.2) is 9.48 Å². The Morgan fingerprint density at radius 1 is 1.11 bits per heavy atom. The number of alkyl halides is 1. The largest absolute Gasteiger partial charge is 0.487 e. The third-order valence-electron chi connectivity index (χ3n) is 8.67. The second-order valence-corrected chi connectivity index (χ2v) is 12.8. The lowest BCUT2D eigenvalue weighted by atomic mass is 9.92. The van der Waals surface area contributed by atoms with E-state index in [2.05, 4.69) is 27.4 Å². The number of aromatic nitrogens is 4. The van der Waals surface area contributed by atoms with Crippen LogP contribution in [0.4, 0.5) is 4.79 Å². The summed E-state index contributed by atoms with van der Waals surface area (Å²) in [6.45, 7) is 0.232. The Morgan fingerprint density at radius 3 is 2.64 bits per heavy atom. The lowest BCUT2D eigenvalue weighted by Crippen LogP contribution is -2.46. The van der Waals surface area contributed by atoms with Crippen molar-refractivity contribution in [2.75, 3.05) is 13.2 Å². The maximum absolute atomic E-state index is 13.6. The highest BCUT2D eigenvalue weighted by Gasteiger charge is 2.39. The predicted octanol–water partition coefficient (Wildman–Crippen LogP) is 2.56. The molecule has 4 heterocycles. The van der Waals surface area contributed by atoms with E-state index in [4.69, 9.17) is 37.4 Å². The van der Waals surface area contributed by atoms with Crippen LogP contribution in [0.25, 0.3) is 12.2 Å². The van der Waals surface area contributed by atoms with Crippen LogP contribution < -0.4 is 20.0 Å². The van der Waals surface area contributed by atoms with E-state index in [1.54, 1.807) is 35.4 Å². The first-order valence-electron chi connectivity index (χ1n) is 15.3. The number of H-pyrrole nitrogens is 1. The quantitative estimate of drug-likeness (QED) is 0.215. The molecule has 5 unspecified atom stereocenters. The van der Waals surface area contributed by atoms with E-state index in [0.717, 1.165) is 33.8 Å². The number of carbonyl (C=O) groups is 1. The minimum atomic E-state index is -1.22. The van der Waals surface area contributed by atoms with Gasteiger partial charge in [-0.1, -0.05) is 41.1 Å². The number of carbonyl (C=O) groups excluding carboxylic acids is 1. The van der Waals surface area contributed by atoms with Crippen molar-refractivity contribution in [1.82, 2.24) is 24.9 Å². The third kappa shape index (κ3) is 6.49. The average Bonchev–Trinajstić information content (AvgIpc) is 3.70. The third-order valence-corrected chi connectivity index (χ3v) is 9.23. The lowest BCUT2D eigenvalue weighted by Gasteiger charge is -2.36. The maximum atomic E-state index is 13.6. The van der Waals surface area contributed by atoms with Crippen LogP contribution in [0, 0.1) is 0 Å². The molecule has 6 atom stereocenters. The zero-order chi connectivity index (χ0) is 32.7. The smallest absolute Gasteiger partial charge is 0.416 e. The molecule has 1 amide bonds. The summed E-state index contributed by atoms with van der Waals surface area (Å²) in [4.78, 5) is 18.9. The minimum Gasteiger partial charge on any atom is -0.487 e. The van der Waals surface area contributed by atoms with Gasteiger partial charge in [0.1, 0.15) is 35.9 Å². The van der Waals surface area contributed by atoms with E-state index in [1.807, 2.05) is 24.3 Å². The Kier molecular flexibility index (Phi) is 8.97. The molecule has 0 radical (unpaired) electrons. The maximum Gasteiger partial charge on any atom is 0.416 e. The highest BCUT2D eigenvalue weighted by Crippen LogP contribution is 2.35. The summed E-state index contributed by atoms with van der Waals surface area (Å²) in [5, 5.41) is 40.7. The molecule has 246 valence electrons. The second kappa shape index (κ2) is 13.3. The number of halogens is 2. The summed E-state index contributed by atoms with van der Waals surface area (Å²) < 4.78 is 18.7. The summed E-state index contributed by atoms with van der Waals surface area (Å²) in [6.07, 6.45) is 2.85. The number of ether oxygens (including phenoxy) is 3. The highest BCUT2D eigenvalue weighted by molar-refractivity contribution is 6.30. The molecule has 14 heteroatoms. The molecule has 2 aromatic heterocycles. The van der Waals surface area contributed by atoms with Crippen LogP contribution in [-0.2, 0) is 17.8 Å². The molecule has 1 aliphatic carbocycles. The first-order chi connectivity index (χ1) is 22.8. The Hall–Kier alpha value is -3.91. The predicted molar refractivity (Wildman–Crippen MR) is 171 cm³/mol. The zero-order valence-electron chi connectivity index (χ0n) is 25.1. The van der Waals surface area contributed by atoms with Crippen molar-refractivity contribution in [3.63, 3.8) is 0 Å². The zero-order valence-corrected chi connectivity index (χ0v) is 26.6. The summed E-state index contributed by atoms with van der Waals surface area (Å²) in [7, 11) is 0. The summed E-state index contributed by atoms with van der Waals surface area (Å²) >= 11 is 12.5. The van der Waals surface area contributed by atoms with Crippen molar-refractivity contribution in [2.45, 2.75) is 61.8 Å². The van der Waals surface area contributed by atoms with Gasteiger partial charge in [-0.15, -0.1) is 16.7 Å². The molecule has 2 aliphatic heterocycles. The summed E-state index contributed by atoms with van der Waals surface area (Å²) in [5.41, 5.74) is 3.38. The number of amides is 1. The summed E-state index contributed by atoms with van der Waals surface area (Å²) in [5.74, 6) is 0.966. The van der Waals surface area contributed by atoms with Gasteiger partial charge in [-0.2, -0.15) is 0 Å². The van der Waals surface area contributed by atoms with Crippen LogP contribution in [0.1, 0.15) is 47.6 Å². The molecule has 3 aliphatic rings. The number of fused-ring (bicyclic) bond motifs is 3. The lowest BCUT2D eigenvalue weighted by molar-refractivity contribution is -0.209. The van der Waals surface area contributed by atoms with Gasteiger partial charge in [-0.3, -0.25) is 4.90 Å². The summed E-state index contributed by atoms with van der Waals surface area (Å²) in [6, 6.07) is 13.7. The molecular formula is C33H33Cl2N5O7. The number of nitrogens with one attached hydrogen (secondary N) is 1. The minimum absolute atomic E-state index is 0.0792. The van der Waals surface area contributed by atoms with E-state index < -0.39 is 36.7 Å². The van der Waals surface area contributed by atoms with Gasteiger partial charge in [0.25, 0.3) is 0 Å². The van der Waals surface area contributed by atoms with Gasteiger partial charge < -0.3 is 34.5 Å². The van der Waals surface area contributed by atoms with Gasteiger partial charge in [-0.05, 0) is 60.4 Å². The van der Waals surface area contributed by atoms with Crippen molar-refractivity contribution in [3.05, 3.63) is 92.8 Å². The Balaban J connectivity index is 1.11. The first-order valence-corrected chi connectivity index (χ1v) is 16.2. The van der Waals surface area contributed by atoms with E-state index in [-0.39, 0.29) is 25.0 Å². The van der Waals surface area contributed by atoms with Crippen LogP contribution in [-0.4, -0.2) is 83.1 Å². The van der Waals surface area contributed by atoms with Crippen LogP contribution in [0.2, 0.25) is 5.02 Å². The molecule has 7 rings (SSSR count). The number of aliphatic hydroxyl groups is 3. The molecule has 4 N–H and O–H groups in total. The van der Waals surface area contributed by atoms with Gasteiger partial charge in [0, 0.05) is 34.2 Å². The van der Waals surface area contributed by atoms with Crippen LogP contribution in [0.3, 0.4) is 0 Å². The second-order valence-electron chi connectivity index (χ2n) is 11.8. The number of aromatic amines is 1. The van der Waals surface area contributed by atoms with Crippen LogP contribution in [0.5, 0.6) is 11.5 Å². The topological polar surface area (TPSA) is 155 Å². The molecule has 1 saturated heterocycles. The monoisotopic (exact) mass is 681 g/mol. The molecule has 12 nitrogen and oxygen atoms in total. The standard InChI is InChI=1S/C33H33Cl2N5O7/c34-19-3-8-23(9-4-19)47-33(44)39-12-11-25-26-13-20(35)5-10-27(26)36-29(25)30(39)18-1-6-22(7-2-18)45-17-21-15-40(38-37-21)32-31(43)28(42)14-24(16-41)46-32/h1-4,6-10,13,15,20,24,28,30-32,36,41-43H,5,11-12,14,16-17H2/t20?,24?,28?,30-,31?,32?/m0/s1. The molecule has 0 saturated carbocycles. The molecule has 47 heavy (non-hydrogen) atoms. The van der Waals surface area contributed by atoms with Gasteiger partial charge in [0.05, 0.1) is 30.4 Å². The first kappa shape index (κ1) is 31.7. The number of rotatable bonds is 7. The highest BCUT2D eigenvalue weighted by atomic mass is 35.5. The van der Waals surface area contributed by atoms with Gasteiger partial charge >= 0.3 is 6.09 Å². The van der Waals surface area contributed by atoms with Crippen molar-refractivity contribution in [3.8, 4) is 11.5 Å². The Bertz CT molecular complexity index is 1860. The van der Waals surface area contributed by atoms with Gasteiger partial charge in [0.2, 0.25) is 0 Å². The molecular weight excluding hydrogens is 649 g/mol. The van der Waals surface area contributed by atoms with Crippen LogP contribution in [0.15, 0.2) is 54.7 Å². The number of aliphatic hydroxyl groups excluding tert-OH is 3. The van der Waals surface area contributed by atoms with E-state index >= 15 is 0 Å². The fraction of sp³-hybridized carbons (Fsp3) is 0.364. The van der Waals surface area contributed by atoms with E-state index in [0.29, 0.717) is 35.2 Å². The average molecular weight is 683 g/mol. The van der Waals surface area contributed by atoms with Crippen LogP contribution >= 0.6 is 23.2 Å². The molecule has 0 spiro atoms. The SMILES string of the molecule is O=C(Oc1ccc(Cl)cc1)N1CCc2c([nH]c3c2=CC(Cl)CC=3)[C@@H]1c1ccc(OCc2cn(C3OC(CO)CC(O)C3O)nn2)cc1. The Morgan fingerprint density at radius 2 is 1.87 bits per heavy atom. The van der Waals surface area contributed by atoms with Crippen molar-refractivity contribution >= 4 is 41.4 Å². The Labute approximate surface area is 279 Å². The van der Waals surface area contributed by atoms with Crippen molar-refractivity contribution < 1.29 is 34.3 Å². The molecule has 2 aromatic carbocycles. The molecule has 4 aromatic rings. The fourth-order valence-corrected chi connectivity index (χ4v) is 6.67. The van der Waals surface area contributed by atoms with E-state index in [1.165, 1.54) is 4.68 Å². The fourth-order valence-electron chi connectivity index (χ4n) is 6.33. The number of hydrogen-bond acceptors (Lipinski definition) is 9.